The summed E-state index contributed by atoms with van der Waals surface area (Å²) in [5, 5.41) is 0.385. The molecule has 3 rings (SSSR count). The molecule has 19 heavy (non-hydrogen) atoms. The Kier molecular flexibility index (Phi) is 3.35. The van der Waals surface area contributed by atoms with E-state index in [9.17, 15) is 9.59 Å². The summed E-state index contributed by atoms with van der Waals surface area (Å²) in [5.41, 5.74) is 1.09. The molecule has 1 heterocycles. The predicted octanol–water partition coefficient (Wildman–Crippen LogP) is 3.51. The Morgan fingerprint density at radius 2 is 1.63 bits per heavy atom. The fourth-order valence-electron chi connectivity index (χ4n) is 2.84. The van der Waals surface area contributed by atoms with E-state index in [0.717, 1.165) is 6.42 Å². The third-order valence-corrected chi connectivity index (χ3v) is 5.54. The number of fused-ring (bicyclic) bond motifs is 1. The Bertz CT molecular complexity index is 494. The Morgan fingerprint density at radius 1 is 1.05 bits per heavy atom. The van der Waals surface area contributed by atoms with Crippen molar-refractivity contribution in [2.24, 2.45) is 5.92 Å². The molecule has 1 aliphatic heterocycles. The molecule has 0 saturated heterocycles. The van der Waals surface area contributed by atoms with Gasteiger partial charge in [-0.2, -0.15) is 0 Å². The number of carbonyl (C=O) groups excluding carboxylic acids is 2. The summed E-state index contributed by atoms with van der Waals surface area (Å²) >= 11 is 1.44. The Balaban J connectivity index is 1.80. The summed E-state index contributed by atoms with van der Waals surface area (Å²) in [4.78, 5) is 24.5. The average molecular weight is 275 g/mol. The zero-order chi connectivity index (χ0) is 13.4. The molecule has 100 valence electrons. The van der Waals surface area contributed by atoms with Crippen molar-refractivity contribution in [3.8, 4) is 0 Å². The van der Waals surface area contributed by atoms with Gasteiger partial charge in [-0.3, -0.25) is 9.59 Å². The smallest absolute Gasteiger partial charge is 0.268 e. The van der Waals surface area contributed by atoms with Crippen molar-refractivity contribution >= 4 is 23.8 Å². The van der Waals surface area contributed by atoms with Gasteiger partial charge in [0.1, 0.15) is 0 Å². The van der Waals surface area contributed by atoms with Crippen LogP contribution in [0.4, 0.5) is 0 Å². The lowest BCUT2D eigenvalue weighted by Crippen LogP contribution is -2.29. The molecule has 0 radical (unpaired) electrons. The van der Waals surface area contributed by atoms with Gasteiger partial charge in [0.25, 0.3) is 11.8 Å². The van der Waals surface area contributed by atoms with E-state index >= 15 is 0 Å². The van der Waals surface area contributed by atoms with Gasteiger partial charge in [-0.05, 0) is 42.8 Å². The molecule has 2 aliphatic rings. The van der Waals surface area contributed by atoms with Gasteiger partial charge in [-0.1, -0.05) is 31.9 Å². The SMILES string of the molecule is CC1CCCCC1SN1C(=O)c2ccccc2C1=O. The second-order valence-electron chi connectivity index (χ2n) is 5.36. The van der Waals surface area contributed by atoms with E-state index < -0.39 is 0 Å². The van der Waals surface area contributed by atoms with Gasteiger partial charge in [-0.25, -0.2) is 4.31 Å². The van der Waals surface area contributed by atoms with Crippen molar-refractivity contribution in [3.63, 3.8) is 0 Å². The summed E-state index contributed by atoms with van der Waals surface area (Å²) < 4.78 is 1.37. The van der Waals surface area contributed by atoms with Crippen molar-refractivity contribution in [2.75, 3.05) is 0 Å². The molecule has 1 aromatic carbocycles. The first-order valence-corrected chi connectivity index (χ1v) is 7.66. The van der Waals surface area contributed by atoms with E-state index in [1.54, 1.807) is 24.3 Å². The second-order valence-corrected chi connectivity index (χ2v) is 6.54. The minimum absolute atomic E-state index is 0.150. The lowest BCUT2D eigenvalue weighted by atomic mass is 9.90. The van der Waals surface area contributed by atoms with E-state index in [-0.39, 0.29) is 11.8 Å². The number of hydrogen-bond donors (Lipinski definition) is 0. The van der Waals surface area contributed by atoms with Gasteiger partial charge >= 0.3 is 0 Å². The lowest BCUT2D eigenvalue weighted by molar-refractivity contribution is 0.0775. The third kappa shape index (κ3) is 2.18. The molecule has 2 amide bonds. The number of rotatable bonds is 2. The number of carbonyl (C=O) groups is 2. The predicted molar refractivity (Wildman–Crippen MR) is 76.0 cm³/mol. The summed E-state index contributed by atoms with van der Waals surface area (Å²) in [6.07, 6.45) is 4.76. The van der Waals surface area contributed by atoms with Crippen LogP contribution in [0.3, 0.4) is 0 Å². The van der Waals surface area contributed by atoms with Gasteiger partial charge in [0, 0.05) is 5.25 Å². The highest BCUT2D eigenvalue weighted by Crippen LogP contribution is 2.38. The first kappa shape index (κ1) is 12.7. The quantitative estimate of drug-likeness (QED) is 0.612. The molecule has 4 heteroatoms. The van der Waals surface area contributed by atoms with Crippen LogP contribution in [0.25, 0.3) is 0 Å². The molecule has 2 unspecified atom stereocenters. The summed E-state index contributed by atoms with van der Waals surface area (Å²) in [6.45, 7) is 2.22. The highest BCUT2D eigenvalue weighted by molar-refractivity contribution is 7.98. The van der Waals surface area contributed by atoms with Crippen molar-refractivity contribution < 1.29 is 9.59 Å². The standard InChI is InChI=1S/C15H17NO2S/c1-10-6-2-5-9-13(10)19-16-14(17)11-7-3-4-8-12(11)15(16)18/h3-4,7-8,10,13H,2,5-6,9H2,1H3. The van der Waals surface area contributed by atoms with Crippen molar-refractivity contribution in [3.05, 3.63) is 35.4 Å². The molecular formula is C15H17NO2S. The number of amides is 2. The molecular weight excluding hydrogens is 258 g/mol. The molecule has 2 atom stereocenters. The molecule has 1 saturated carbocycles. The third-order valence-electron chi connectivity index (χ3n) is 4.03. The largest absolute Gasteiger partial charge is 0.271 e. The van der Waals surface area contributed by atoms with Crippen LogP contribution in [0.15, 0.2) is 24.3 Å². The zero-order valence-electron chi connectivity index (χ0n) is 11.0. The van der Waals surface area contributed by atoms with E-state index in [0.29, 0.717) is 22.3 Å². The monoisotopic (exact) mass is 275 g/mol. The molecule has 1 aliphatic carbocycles. The lowest BCUT2D eigenvalue weighted by Gasteiger charge is -2.30. The van der Waals surface area contributed by atoms with Crippen LogP contribution in [-0.2, 0) is 0 Å². The molecule has 1 fully saturated rings. The Morgan fingerprint density at radius 3 is 2.21 bits per heavy atom. The number of imide groups is 1. The highest BCUT2D eigenvalue weighted by atomic mass is 32.2. The average Bonchev–Trinajstić information content (AvgIpc) is 2.67. The fourth-order valence-corrected chi connectivity index (χ4v) is 4.11. The normalized spacial score (nSPS) is 26.7. The first-order chi connectivity index (χ1) is 9.18. The Hall–Kier alpha value is -1.29. The summed E-state index contributed by atoms with van der Waals surface area (Å²) in [7, 11) is 0. The van der Waals surface area contributed by atoms with Crippen molar-refractivity contribution in [1.82, 2.24) is 4.31 Å². The minimum Gasteiger partial charge on any atom is -0.268 e. The molecule has 0 spiro atoms. The maximum Gasteiger partial charge on any atom is 0.271 e. The van der Waals surface area contributed by atoms with E-state index in [4.69, 9.17) is 0 Å². The zero-order valence-corrected chi connectivity index (χ0v) is 11.8. The molecule has 0 aromatic heterocycles. The van der Waals surface area contributed by atoms with Crippen molar-refractivity contribution in [1.29, 1.82) is 0 Å². The topological polar surface area (TPSA) is 37.4 Å². The van der Waals surface area contributed by atoms with E-state index in [1.807, 2.05) is 0 Å². The minimum atomic E-state index is -0.150. The molecule has 3 nitrogen and oxygen atoms in total. The van der Waals surface area contributed by atoms with Gasteiger partial charge in [0.2, 0.25) is 0 Å². The maximum absolute atomic E-state index is 12.3. The van der Waals surface area contributed by atoms with Crippen LogP contribution in [0.1, 0.15) is 53.3 Å². The van der Waals surface area contributed by atoms with E-state index in [2.05, 4.69) is 6.92 Å². The van der Waals surface area contributed by atoms with Crippen LogP contribution in [0.2, 0.25) is 0 Å². The van der Waals surface area contributed by atoms with Crippen LogP contribution < -0.4 is 0 Å². The molecule has 1 aromatic rings. The summed E-state index contributed by atoms with van der Waals surface area (Å²) in [6, 6.07) is 7.09. The molecule has 0 bridgehead atoms. The number of benzene rings is 1. The maximum atomic E-state index is 12.3. The first-order valence-electron chi connectivity index (χ1n) is 6.83. The highest BCUT2D eigenvalue weighted by Gasteiger charge is 2.38. The van der Waals surface area contributed by atoms with Crippen LogP contribution >= 0.6 is 11.9 Å². The van der Waals surface area contributed by atoms with E-state index in [1.165, 1.54) is 35.5 Å². The van der Waals surface area contributed by atoms with Gasteiger partial charge < -0.3 is 0 Å². The number of nitrogens with zero attached hydrogens (tertiary/aromatic N) is 1. The van der Waals surface area contributed by atoms with Gasteiger partial charge in [-0.15, -0.1) is 0 Å². The van der Waals surface area contributed by atoms with Crippen LogP contribution in [0.5, 0.6) is 0 Å². The van der Waals surface area contributed by atoms with Crippen LogP contribution in [-0.4, -0.2) is 21.4 Å². The fraction of sp³-hybridized carbons (Fsp3) is 0.467. The second kappa shape index (κ2) is 5.00. The van der Waals surface area contributed by atoms with Gasteiger partial charge in [0.05, 0.1) is 11.1 Å². The van der Waals surface area contributed by atoms with Crippen molar-refractivity contribution in [2.45, 2.75) is 37.9 Å². The Labute approximate surface area is 117 Å². The summed E-state index contributed by atoms with van der Waals surface area (Å²) in [5.74, 6) is 0.273. The molecule has 0 N–H and O–H groups in total. The van der Waals surface area contributed by atoms with Gasteiger partial charge in [0.15, 0.2) is 0 Å². The van der Waals surface area contributed by atoms with Crippen LogP contribution in [0, 0.1) is 5.92 Å². The number of hydrogen-bond acceptors (Lipinski definition) is 3.